The first kappa shape index (κ1) is 21.2. The summed E-state index contributed by atoms with van der Waals surface area (Å²) < 4.78 is 18.5. The maximum atomic E-state index is 6.19. The molecule has 1 N–H and O–H groups in total. The van der Waals surface area contributed by atoms with E-state index in [1.165, 1.54) is 0 Å². The minimum atomic E-state index is -0.402. The first-order valence-corrected chi connectivity index (χ1v) is 10.8. The predicted molar refractivity (Wildman–Crippen MR) is 125 cm³/mol. The van der Waals surface area contributed by atoms with Crippen LogP contribution in [-0.4, -0.2) is 30.4 Å². The standard InChI is InChI=1S/C23H26BBrN2O3/c1-22(2)23(3,4)30-24(29-22)17-9-8-16-12-19(25)21(27-20(16)13-17)26-14-15-6-10-18(28-5)11-7-15/h6-13H,14H2,1-5H3,(H,26,27). The Labute approximate surface area is 186 Å². The third kappa shape index (κ3) is 4.06. The van der Waals surface area contributed by atoms with Crippen molar-refractivity contribution in [3.8, 4) is 5.75 Å². The molecule has 7 heteroatoms. The van der Waals surface area contributed by atoms with Crippen molar-refractivity contribution < 1.29 is 14.0 Å². The molecule has 4 rings (SSSR count). The van der Waals surface area contributed by atoms with Crippen molar-refractivity contribution in [3.63, 3.8) is 0 Å². The third-order valence-electron chi connectivity index (χ3n) is 5.94. The van der Waals surface area contributed by atoms with Crippen molar-refractivity contribution in [2.24, 2.45) is 0 Å². The van der Waals surface area contributed by atoms with Crippen LogP contribution in [0.5, 0.6) is 5.75 Å². The minimum absolute atomic E-state index is 0.370. The van der Waals surface area contributed by atoms with Crippen molar-refractivity contribution in [1.82, 2.24) is 4.98 Å². The van der Waals surface area contributed by atoms with Crippen molar-refractivity contribution in [1.29, 1.82) is 0 Å². The van der Waals surface area contributed by atoms with Crippen LogP contribution in [0, 0.1) is 0 Å². The maximum absolute atomic E-state index is 6.19. The molecule has 0 aliphatic carbocycles. The van der Waals surface area contributed by atoms with Gasteiger partial charge in [-0.2, -0.15) is 0 Å². The highest BCUT2D eigenvalue weighted by Crippen LogP contribution is 2.36. The molecule has 0 unspecified atom stereocenters. The number of benzene rings is 2. The van der Waals surface area contributed by atoms with Crippen LogP contribution in [0.3, 0.4) is 0 Å². The molecule has 156 valence electrons. The summed E-state index contributed by atoms with van der Waals surface area (Å²) in [5.41, 5.74) is 2.27. The number of hydrogen-bond acceptors (Lipinski definition) is 5. The molecule has 3 aromatic rings. The van der Waals surface area contributed by atoms with Crippen LogP contribution in [0.2, 0.25) is 0 Å². The van der Waals surface area contributed by atoms with Crippen LogP contribution in [-0.2, 0) is 15.9 Å². The zero-order chi connectivity index (χ0) is 21.5. The number of nitrogens with one attached hydrogen (secondary N) is 1. The lowest BCUT2D eigenvalue weighted by atomic mass is 9.79. The van der Waals surface area contributed by atoms with Crippen LogP contribution in [0.25, 0.3) is 10.9 Å². The largest absolute Gasteiger partial charge is 0.497 e. The molecular weight excluding hydrogens is 443 g/mol. The second-order valence-electron chi connectivity index (χ2n) is 8.56. The molecule has 0 radical (unpaired) electrons. The van der Waals surface area contributed by atoms with Crippen molar-refractivity contribution in [2.75, 3.05) is 12.4 Å². The molecule has 5 nitrogen and oxygen atoms in total. The van der Waals surface area contributed by atoms with Crippen LogP contribution in [0.15, 0.2) is 53.0 Å². The van der Waals surface area contributed by atoms with Gasteiger partial charge in [0.2, 0.25) is 0 Å². The van der Waals surface area contributed by atoms with E-state index >= 15 is 0 Å². The number of methoxy groups -OCH3 is 1. The number of hydrogen-bond donors (Lipinski definition) is 1. The molecule has 2 heterocycles. The normalized spacial score (nSPS) is 17.3. The van der Waals surface area contributed by atoms with Gasteiger partial charge in [0.15, 0.2) is 0 Å². The molecular formula is C23H26BBrN2O3. The maximum Gasteiger partial charge on any atom is 0.494 e. The Balaban J connectivity index is 1.57. The monoisotopic (exact) mass is 468 g/mol. The van der Waals surface area contributed by atoms with Gasteiger partial charge in [-0.1, -0.05) is 24.3 Å². The number of nitrogens with zero attached hydrogens (tertiary/aromatic N) is 1. The Morgan fingerprint density at radius 3 is 2.30 bits per heavy atom. The van der Waals surface area contributed by atoms with Gasteiger partial charge in [-0.15, -0.1) is 0 Å². The molecule has 0 atom stereocenters. The zero-order valence-electron chi connectivity index (χ0n) is 18.0. The summed E-state index contributed by atoms with van der Waals surface area (Å²) in [7, 11) is 1.27. The van der Waals surface area contributed by atoms with Gasteiger partial charge in [0, 0.05) is 11.9 Å². The molecule has 30 heavy (non-hydrogen) atoms. The summed E-state index contributed by atoms with van der Waals surface area (Å²) in [6, 6.07) is 16.2. The highest BCUT2D eigenvalue weighted by Gasteiger charge is 2.51. The summed E-state index contributed by atoms with van der Waals surface area (Å²) >= 11 is 3.63. The molecule has 1 aliphatic heterocycles. The summed E-state index contributed by atoms with van der Waals surface area (Å²) in [5, 5.41) is 4.47. The Bertz CT molecular complexity index is 1050. The molecule has 0 saturated carbocycles. The number of pyridine rings is 1. The van der Waals surface area contributed by atoms with Gasteiger partial charge in [0.1, 0.15) is 11.6 Å². The van der Waals surface area contributed by atoms with Gasteiger partial charge in [0.25, 0.3) is 0 Å². The van der Waals surface area contributed by atoms with Crippen molar-refractivity contribution in [2.45, 2.75) is 45.4 Å². The summed E-state index contributed by atoms with van der Waals surface area (Å²) in [6.45, 7) is 8.91. The smallest absolute Gasteiger partial charge is 0.494 e. The van der Waals surface area contributed by atoms with E-state index in [1.54, 1.807) is 7.11 Å². The van der Waals surface area contributed by atoms with Crippen LogP contribution in [0.4, 0.5) is 5.82 Å². The summed E-state index contributed by atoms with van der Waals surface area (Å²) in [5.74, 6) is 1.64. The van der Waals surface area contributed by atoms with Gasteiger partial charge < -0.3 is 19.4 Å². The van der Waals surface area contributed by atoms with E-state index in [9.17, 15) is 0 Å². The highest BCUT2D eigenvalue weighted by atomic mass is 79.9. The number of anilines is 1. The van der Waals surface area contributed by atoms with Crippen molar-refractivity contribution in [3.05, 3.63) is 58.6 Å². The average molecular weight is 469 g/mol. The first-order chi connectivity index (χ1) is 14.2. The third-order valence-corrected chi connectivity index (χ3v) is 6.54. The van der Waals surface area contributed by atoms with Crippen molar-refractivity contribution >= 4 is 45.2 Å². The van der Waals surface area contributed by atoms with Gasteiger partial charge in [-0.3, -0.25) is 0 Å². The number of fused-ring (bicyclic) bond motifs is 1. The molecule has 0 bridgehead atoms. The molecule has 1 fully saturated rings. The number of ether oxygens (including phenoxy) is 1. The van der Waals surface area contributed by atoms with E-state index in [4.69, 9.17) is 19.0 Å². The van der Waals surface area contributed by atoms with Gasteiger partial charge in [0.05, 0.1) is 28.3 Å². The Hall–Kier alpha value is -2.09. The Morgan fingerprint density at radius 1 is 1.00 bits per heavy atom. The van der Waals surface area contributed by atoms with Crippen LogP contribution in [0.1, 0.15) is 33.3 Å². The number of rotatable bonds is 5. The Morgan fingerprint density at radius 2 is 1.67 bits per heavy atom. The fourth-order valence-electron chi connectivity index (χ4n) is 3.34. The van der Waals surface area contributed by atoms with E-state index in [0.717, 1.165) is 38.0 Å². The average Bonchev–Trinajstić information content (AvgIpc) is 2.93. The molecule has 1 aliphatic rings. The van der Waals surface area contributed by atoms with Gasteiger partial charge >= 0.3 is 7.12 Å². The van der Waals surface area contributed by atoms with E-state index in [-0.39, 0.29) is 11.2 Å². The predicted octanol–water partition coefficient (Wildman–Crippen LogP) is 4.92. The van der Waals surface area contributed by atoms with Crippen LogP contribution < -0.4 is 15.5 Å². The van der Waals surface area contributed by atoms with Gasteiger partial charge in [-0.05, 0) is 78.9 Å². The van der Waals surface area contributed by atoms with E-state index in [1.807, 2.05) is 36.4 Å². The second-order valence-corrected chi connectivity index (χ2v) is 9.42. The Kier molecular flexibility index (Phi) is 5.55. The lowest BCUT2D eigenvalue weighted by Gasteiger charge is -2.32. The van der Waals surface area contributed by atoms with E-state index < -0.39 is 7.12 Å². The van der Waals surface area contributed by atoms with Crippen LogP contribution >= 0.6 is 15.9 Å². The fourth-order valence-corrected chi connectivity index (χ4v) is 3.81. The minimum Gasteiger partial charge on any atom is -0.497 e. The molecule has 0 spiro atoms. The van der Waals surface area contributed by atoms with Gasteiger partial charge in [-0.25, -0.2) is 4.98 Å². The van der Waals surface area contributed by atoms with E-state index in [0.29, 0.717) is 6.54 Å². The molecule has 0 amide bonds. The molecule has 1 saturated heterocycles. The topological polar surface area (TPSA) is 52.6 Å². The highest BCUT2D eigenvalue weighted by molar-refractivity contribution is 9.10. The number of aromatic nitrogens is 1. The van der Waals surface area contributed by atoms with E-state index in [2.05, 4.69) is 61.1 Å². The quantitative estimate of drug-likeness (QED) is 0.538. The second kappa shape index (κ2) is 7.87. The SMILES string of the molecule is COc1ccc(CNc2nc3cc(B4OC(C)(C)C(C)(C)O4)ccc3cc2Br)cc1. The molecule has 1 aromatic heterocycles. The number of halogens is 1. The zero-order valence-corrected chi connectivity index (χ0v) is 19.5. The lowest BCUT2D eigenvalue weighted by Crippen LogP contribution is -2.41. The lowest BCUT2D eigenvalue weighted by molar-refractivity contribution is 0.00578. The molecule has 2 aromatic carbocycles. The fraction of sp³-hybridized carbons (Fsp3) is 0.348. The summed E-state index contributed by atoms with van der Waals surface area (Å²) in [4.78, 5) is 4.83. The first-order valence-electron chi connectivity index (χ1n) is 10.0. The summed E-state index contributed by atoms with van der Waals surface area (Å²) in [6.07, 6.45) is 0.